The van der Waals surface area contributed by atoms with Crippen LogP contribution in [0, 0.1) is 11.3 Å². The van der Waals surface area contributed by atoms with Crippen LogP contribution in [0.3, 0.4) is 0 Å². The molecular formula is C30H23ClN6O4. The molecule has 0 unspecified atom stereocenters. The van der Waals surface area contributed by atoms with Crippen molar-refractivity contribution in [1.29, 1.82) is 5.26 Å². The van der Waals surface area contributed by atoms with Gasteiger partial charge in [-0.05, 0) is 60.5 Å². The lowest BCUT2D eigenvalue weighted by atomic mass is 9.97. The highest BCUT2D eigenvalue weighted by atomic mass is 35.5. The molecule has 3 aromatic heterocycles. The van der Waals surface area contributed by atoms with E-state index in [2.05, 4.69) is 26.7 Å². The van der Waals surface area contributed by atoms with Gasteiger partial charge in [-0.2, -0.15) is 5.26 Å². The number of hydrogen-bond donors (Lipinski definition) is 3. The molecule has 204 valence electrons. The molecule has 3 heterocycles. The first-order valence-corrected chi connectivity index (χ1v) is 12.9. The van der Waals surface area contributed by atoms with Crippen molar-refractivity contribution >= 4 is 34.9 Å². The first-order chi connectivity index (χ1) is 19.9. The number of furan rings is 1. The van der Waals surface area contributed by atoms with Gasteiger partial charge in [0, 0.05) is 47.2 Å². The average Bonchev–Trinajstić information content (AvgIpc) is 3.68. The third kappa shape index (κ3) is 6.43. The lowest BCUT2D eigenvalue weighted by molar-refractivity contribution is -0.116. The summed E-state index contributed by atoms with van der Waals surface area (Å²) in [5.41, 5.74) is 2.27. The number of imidazole rings is 1. The van der Waals surface area contributed by atoms with E-state index in [1.54, 1.807) is 61.1 Å². The maximum Gasteiger partial charge on any atom is 0.292 e. The lowest BCUT2D eigenvalue weighted by Gasteiger charge is -2.15. The van der Waals surface area contributed by atoms with E-state index in [0.29, 0.717) is 46.8 Å². The van der Waals surface area contributed by atoms with Crippen LogP contribution in [-0.2, 0) is 11.3 Å². The zero-order valence-corrected chi connectivity index (χ0v) is 22.3. The summed E-state index contributed by atoms with van der Waals surface area (Å²) in [5, 5.41) is 26.6. The highest BCUT2D eigenvalue weighted by Crippen LogP contribution is 2.37. The van der Waals surface area contributed by atoms with Gasteiger partial charge in [0.1, 0.15) is 17.4 Å². The van der Waals surface area contributed by atoms with Gasteiger partial charge in [0.15, 0.2) is 11.6 Å². The number of hydrogen-bond acceptors (Lipinski definition) is 7. The fraction of sp³-hybridized carbons (Fsp3) is 0.100. The molecule has 2 aromatic carbocycles. The highest BCUT2D eigenvalue weighted by molar-refractivity contribution is 6.30. The molecule has 0 bridgehead atoms. The Kier molecular flexibility index (Phi) is 8.08. The van der Waals surface area contributed by atoms with Crippen molar-refractivity contribution in [2.24, 2.45) is 0 Å². The van der Waals surface area contributed by atoms with Crippen molar-refractivity contribution in [3.05, 3.63) is 102 Å². The molecule has 0 saturated heterocycles. The summed E-state index contributed by atoms with van der Waals surface area (Å²) in [6.45, 7) is 0.669. The minimum atomic E-state index is -0.598. The number of halogens is 1. The summed E-state index contributed by atoms with van der Waals surface area (Å²) in [4.78, 5) is 33.9. The van der Waals surface area contributed by atoms with Gasteiger partial charge >= 0.3 is 0 Å². The number of aromatic nitrogens is 3. The Hall–Kier alpha value is -5.40. The number of rotatable bonds is 9. The number of nitrogens with one attached hydrogen (secondary N) is 2. The molecule has 0 saturated carbocycles. The summed E-state index contributed by atoms with van der Waals surface area (Å²) in [7, 11) is 0. The SMILES string of the molecule is N#Cc1c(-c2cccc(NC(=O)CCCn3ccnc3)c2)cc(-c2ccc(Cl)cc2O)nc1NC(=O)c1ccco1. The third-order valence-corrected chi connectivity index (χ3v) is 6.42. The topological polar surface area (TPSA) is 146 Å². The molecule has 0 spiro atoms. The lowest BCUT2D eigenvalue weighted by Crippen LogP contribution is -2.14. The molecule has 0 aliphatic rings. The fourth-order valence-corrected chi connectivity index (χ4v) is 4.41. The Labute approximate surface area is 239 Å². The summed E-state index contributed by atoms with van der Waals surface area (Å²) < 4.78 is 7.08. The molecule has 10 nitrogen and oxygen atoms in total. The summed E-state index contributed by atoms with van der Waals surface area (Å²) in [6.07, 6.45) is 7.53. The molecule has 0 radical (unpaired) electrons. The monoisotopic (exact) mass is 566 g/mol. The number of phenols is 1. The van der Waals surface area contributed by atoms with Gasteiger partial charge in [0.25, 0.3) is 5.91 Å². The smallest absolute Gasteiger partial charge is 0.292 e. The predicted molar refractivity (Wildman–Crippen MR) is 153 cm³/mol. The molecule has 2 amide bonds. The molecule has 3 N–H and O–H groups in total. The fourth-order valence-electron chi connectivity index (χ4n) is 4.24. The molecule has 0 aliphatic carbocycles. The largest absolute Gasteiger partial charge is 0.507 e. The van der Waals surface area contributed by atoms with Crippen molar-refractivity contribution in [3.63, 3.8) is 0 Å². The molecule has 0 fully saturated rings. The van der Waals surface area contributed by atoms with Crippen LogP contribution in [0.25, 0.3) is 22.4 Å². The number of carbonyl (C=O) groups excluding carboxylic acids is 2. The molecule has 5 aromatic rings. The minimum absolute atomic E-state index is 0.0234. The second-order valence-electron chi connectivity index (χ2n) is 9.02. The second-order valence-corrected chi connectivity index (χ2v) is 9.45. The van der Waals surface area contributed by atoms with Crippen LogP contribution in [0.2, 0.25) is 5.02 Å². The van der Waals surface area contributed by atoms with Gasteiger partial charge in [-0.25, -0.2) is 9.97 Å². The first-order valence-electron chi connectivity index (χ1n) is 12.6. The molecular weight excluding hydrogens is 544 g/mol. The van der Waals surface area contributed by atoms with Gasteiger partial charge in [-0.3, -0.25) is 9.59 Å². The zero-order valence-electron chi connectivity index (χ0n) is 21.5. The highest BCUT2D eigenvalue weighted by Gasteiger charge is 2.20. The Balaban J connectivity index is 1.48. The number of benzene rings is 2. The van der Waals surface area contributed by atoms with Gasteiger partial charge in [-0.1, -0.05) is 23.7 Å². The van der Waals surface area contributed by atoms with Crippen LogP contribution in [0.1, 0.15) is 29.0 Å². The number of aromatic hydroxyl groups is 1. The minimum Gasteiger partial charge on any atom is -0.507 e. The van der Waals surface area contributed by atoms with E-state index < -0.39 is 5.91 Å². The van der Waals surface area contributed by atoms with Crippen molar-refractivity contribution in [3.8, 4) is 34.2 Å². The number of nitriles is 1. The molecule has 0 aliphatic heterocycles. The van der Waals surface area contributed by atoms with E-state index in [1.807, 2.05) is 10.8 Å². The van der Waals surface area contributed by atoms with E-state index in [9.17, 15) is 20.0 Å². The number of nitrogens with zero attached hydrogens (tertiary/aromatic N) is 4. The maximum absolute atomic E-state index is 12.8. The molecule has 5 rings (SSSR count). The summed E-state index contributed by atoms with van der Waals surface area (Å²) in [5.74, 6) is -0.866. The van der Waals surface area contributed by atoms with Crippen LogP contribution >= 0.6 is 11.6 Å². The van der Waals surface area contributed by atoms with Crippen LogP contribution in [-0.4, -0.2) is 31.5 Å². The quantitative estimate of drug-likeness (QED) is 0.195. The second kappa shape index (κ2) is 12.2. The summed E-state index contributed by atoms with van der Waals surface area (Å²) >= 11 is 6.02. The molecule has 0 atom stereocenters. The number of anilines is 2. The number of aryl methyl sites for hydroxylation is 1. The van der Waals surface area contributed by atoms with Gasteiger partial charge in [0.2, 0.25) is 5.91 Å². The van der Waals surface area contributed by atoms with E-state index in [1.165, 1.54) is 18.4 Å². The zero-order chi connectivity index (χ0) is 28.8. The van der Waals surface area contributed by atoms with Crippen LogP contribution in [0.5, 0.6) is 5.75 Å². The van der Waals surface area contributed by atoms with E-state index in [4.69, 9.17) is 16.0 Å². The van der Waals surface area contributed by atoms with Crippen molar-refractivity contribution in [2.75, 3.05) is 10.6 Å². The normalized spacial score (nSPS) is 10.6. The average molecular weight is 567 g/mol. The Morgan fingerprint density at radius 3 is 2.68 bits per heavy atom. The van der Waals surface area contributed by atoms with Gasteiger partial charge in [0.05, 0.1) is 18.3 Å². The number of pyridine rings is 1. The standard InChI is InChI=1S/C30H23ClN6O4/c31-20-8-9-22(26(38)15-20)25-16-23(24(17-32)29(35-25)36-30(40)27-6-3-13-41-27)19-4-1-5-21(14-19)34-28(39)7-2-11-37-12-10-33-18-37/h1,3-6,8-10,12-16,18,38H,2,7,11H2,(H,34,39)(H,35,36,40). The first kappa shape index (κ1) is 27.2. The number of amides is 2. The van der Waals surface area contributed by atoms with E-state index >= 15 is 0 Å². The Morgan fingerprint density at radius 1 is 1.07 bits per heavy atom. The van der Waals surface area contributed by atoms with Crippen LogP contribution in [0.15, 0.2) is 90.1 Å². The third-order valence-electron chi connectivity index (χ3n) is 6.18. The Morgan fingerprint density at radius 2 is 1.95 bits per heavy atom. The van der Waals surface area contributed by atoms with Crippen molar-refractivity contribution in [2.45, 2.75) is 19.4 Å². The predicted octanol–water partition coefficient (Wildman–Crippen LogP) is 6.11. The molecule has 41 heavy (non-hydrogen) atoms. The van der Waals surface area contributed by atoms with Crippen molar-refractivity contribution < 1.29 is 19.1 Å². The van der Waals surface area contributed by atoms with Crippen molar-refractivity contribution in [1.82, 2.24) is 14.5 Å². The van der Waals surface area contributed by atoms with Crippen LogP contribution < -0.4 is 10.6 Å². The van der Waals surface area contributed by atoms with E-state index in [-0.39, 0.29) is 34.5 Å². The number of phenolic OH excluding ortho intramolecular Hbond substituents is 1. The Bertz CT molecular complexity index is 1740. The van der Waals surface area contributed by atoms with E-state index in [0.717, 1.165) is 0 Å². The van der Waals surface area contributed by atoms with Gasteiger partial charge in [-0.15, -0.1) is 0 Å². The maximum atomic E-state index is 12.8. The molecule has 11 heteroatoms. The summed E-state index contributed by atoms with van der Waals surface area (Å²) in [6, 6.07) is 18.4. The number of carbonyl (C=O) groups is 2. The van der Waals surface area contributed by atoms with Gasteiger partial charge < -0.3 is 24.7 Å². The van der Waals surface area contributed by atoms with Crippen LogP contribution in [0.4, 0.5) is 11.5 Å².